The molecule has 0 bridgehead atoms. The molecule has 0 spiro atoms. The van der Waals surface area contributed by atoms with Gasteiger partial charge in [-0.05, 0) is 12.1 Å². The van der Waals surface area contributed by atoms with Crippen LogP contribution in [0.25, 0.3) is 0 Å². The van der Waals surface area contributed by atoms with Crippen LogP contribution in [0.1, 0.15) is 5.69 Å². The minimum Gasteiger partial charge on any atom is -0.397 e. The van der Waals surface area contributed by atoms with Crippen molar-refractivity contribution in [3.8, 4) is 0 Å². The molecule has 0 fully saturated rings. The van der Waals surface area contributed by atoms with E-state index in [1.807, 2.05) is 0 Å². The molecule has 0 amide bonds. The summed E-state index contributed by atoms with van der Waals surface area (Å²) in [5.41, 5.74) is 12.2. The first-order chi connectivity index (χ1) is 5.24. The highest BCUT2D eigenvalue weighted by Gasteiger charge is 1.96. The Balaban J connectivity index is 3.12. The molecule has 0 aliphatic heterocycles. The Morgan fingerprint density at radius 3 is 2.82 bits per heavy atom. The second-order valence-corrected chi connectivity index (χ2v) is 2.10. The first-order valence-corrected chi connectivity index (χ1v) is 3.18. The third kappa shape index (κ3) is 1.67. The summed E-state index contributed by atoms with van der Waals surface area (Å²) in [7, 11) is 1.66. The van der Waals surface area contributed by atoms with Gasteiger partial charge in [0.25, 0.3) is 0 Å². The molecule has 0 saturated carbocycles. The molecule has 11 heavy (non-hydrogen) atoms. The van der Waals surface area contributed by atoms with Crippen LogP contribution in [-0.4, -0.2) is 18.2 Å². The fraction of sp³-hybridized carbons (Fsp3) is 0.143. The monoisotopic (exact) mass is 150 g/mol. The van der Waals surface area contributed by atoms with E-state index < -0.39 is 0 Å². The molecule has 0 aromatic carbocycles. The number of rotatable bonds is 1. The van der Waals surface area contributed by atoms with Gasteiger partial charge in [-0.3, -0.25) is 4.99 Å². The molecule has 58 valence electrons. The van der Waals surface area contributed by atoms with Crippen LogP contribution in [0.2, 0.25) is 0 Å². The number of hydrogen-bond acceptors (Lipinski definition) is 4. The number of nitrogens with two attached hydrogens (primary N) is 2. The van der Waals surface area contributed by atoms with Gasteiger partial charge >= 0.3 is 0 Å². The Labute approximate surface area is 65.0 Å². The third-order valence-electron chi connectivity index (χ3n) is 1.23. The van der Waals surface area contributed by atoms with E-state index >= 15 is 0 Å². The minimum atomic E-state index is 0.453. The zero-order chi connectivity index (χ0) is 8.27. The van der Waals surface area contributed by atoms with E-state index in [2.05, 4.69) is 9.98 Å². The Bertz CT molecular complexity index is 280. The molecular formula is C7H10N4. The van der Waals surface area contributed by atoms with Crippen LogP contribution in [0, 0.1) is 0 Å². The number of hydrogen-bond donors (Lipinski definition) is 2. The zero-order valence-electron chi connectivity index (χ0n) is 6.28. The summed E-state index contributed by atoms with van der Waals surface area (Å²) in [6.07, 6.45) is 1.58. The van der Waals surface area contributed by atoms with Gasteiger partial charge in [0.2, 0.25) is 0 Å². The maximum atomic E-state index is 5.57. The molecule has 1 aromatic rings. The highest BCUT2D eigenvalue weighted by Crippen LogP contribution is 2.07. The average Bonchev–Trinajstić information content (AvgIpc) is 1.98. The smallest absolute Gasteiger partial charge is 0.124 e. The summed E-state index contributed by atoms with van der Waals surface area (Å²) in [4.78, 5) is 7.75. The van der Waals surface area contributed by atoms with Crippen LogP contribution in [0.4, 0.5) is 11.5 Å². The fourth-order valence-corrected chi connectivity index (χ4v) is 0.727. The first-order valence-electron chi connectivity index (χ1n) is 3.18. The van der Waals surface area contributed by atoms with Crippen molar-refractivity contribution in [3.63, 3.8) is 0 Å². The molecule has 0 unspecified atom stereocenters. The average molecular weight is 150 g/mol. The fourth-order valence-electron chi connectivity index (χ4n) is 0.727. The maximum absolute atomic E-state index is 5.57. The highest BCUT2D eigenvalue weighted by molar-refractivity contribution is 5.84. The van der Waals surface area contributed by atoms with Crippen molar-refractivity contribution < 1.29 is 0 Å². The molecule has 0 saturated heterocycles. The van der Waals surface area contributed by atoms with Crippen molar-refractivity contribution in [2.24, 2.45) is 4.99 Å². The Morgan fingerprint density at radius 2 is 2.18 bits per heavy atom. The van der Waals surface area contributed by atoms with Crippen LogP contribution in [-0.2, 0) is 0 Å². The first kappa shape index (κ1) is 7.53. The molecule has 1 rings (SSSR count). The molecular weight excluding hydrogens is 140 g/mol. The molecule has 1 aromatic heterocycles. The topological polar surface area (TPSA) is 77.3 Å². The molecule has 4 nitrogen and oxygen atoms in total. The van der Waals surface area contributed by atoms with Gasteiger partial charge in [0.1, 0.15) is 11.5 Å². The molecule has 0 radical (unpaired) electrons. The van der Waals surface area contributed by atoms with Gasteiger partial charge in [-0.15, -0.1) is 0 Å². The van der Waals surface area contributed by atoms with Gasteiger partial charge in [-0.25, -0.2) is 4.98 Å². The summed E-state index contributed by atoms with van der Waals surface area (Å²) in [5.74, 6) is 0.453. The van der Waals surface area contributed by atoms with E-state index in [0.717, 1.165) is 0 Å². The predicted octanol–water partition coefficient (Wildman–Crippen LogP) is 0.295. The Hall–Kier alpha value is -1.58. The lowest BCUT2D eigenvalue weighted by atomic mass is 10.3. The van der Waals surface area contributed by atoms with Crippen LogP contribution in [0.3, 0.4) is 0 Å². The normalized spacial score (nSPS) is 10.6. The number of nitrogen functional groups attached to an aromatic ring is 2. The number of aliphatic imine (C=N–C) groups is 1. The van der Waals surface area contributed by atoms with E-state index in [1.54, 1.807) is 25.4 Å². The quantitative estimate of drug-likeness (QED) is 0.565. The van der Waals surface area contributed by atoms with E-state index in [0.29, 0.717) is 17.2 Å². The minimum absolute atomic E-state index is 0.453. The van der Waals surface area contributed by atoms with Crippen LogP contribution in [0.15, 0.2) is 17.1 Å². The lowest BCUT2D eigenvalue weighted by Crippen LogP contribution is -1.99. The van der Waals surface area contributed by atoms with Crippen molar-refractivity contribution in [3.05, 3.63) is 17.8 Å². The van der Waals surface area contributed by atoms with Gasteiger partial charge in [-0.2, -0.15) is 0 Å². The summed E-state index contributed by atoms with van der Waals surface area (Å²) < 4.78 is 0. The van der Waals surface area contributed by atoms with Gasteiger partial charge in [-0.1, -0.05) is 0 Å². The van der Waals surface area contributed by atoms with Crippen LogP contribution < -0.4 is 11.5 Å². The second kappa shape index (κ2) is 3.01. The second-order valence-electron chi connectivity index (χ2n) is 2.10. The number of nitrogens with zero attached hydrogens (tertiary/aromatic N) is 2. The van der Waals surface area contributed by atoms with E-state index in [1.165, 1.54) is 0 Å². The number of anilines is 2. The number of pyridine rings is 1. The van der Waals surface area contributed by atoms with Crippen molar-refractivity contribution in [1.82, 2.24) is 4.98 Å². The summed E-state index contributed by atoms with van der Waals surface area (Å²) in [6.45, 7) is 0. The maximum Gasteiger partial charge on any atom is 0.124 e. The number of aromatic nitrogens is 1. The molecule has 0 aliphatic carbocycles. The van der Waals surface area contributed by atoms with Crippen molar-refractivity contribution >= 4 is 17.7 Å². The van der Waals surface area contributed by atoms with Crippen molar-refractivity contribution in [2.45, 2.75) is 0 Å². The lowest BCUT2D eigenvalue weighted by molar-refractivity contribution is 1.30. The van der Waals surface area contributed by atoms with Gasteiger partial charge in [0.05, 0.1) is 5.69 Å². The molecule has 4 heteroatoms. The van der Waals surface area contributed by atoms with Gasteiger partial charge < -0.3 is 11.5 Å². The van der Waals surface area contributed by atoms with E-state index in [-0.39, 0.29) is 0 Å². The third-order valence-corrected chi connectivity index (χ3v) is 1.23. The highest BCUT2D eigenvalue weighted by atomic mass is 14.9. The Kier molecular flexibility index (Phi) is 2.06. The van der Waals surface area contributed by atoms with Crippen LogP contribution in [0.5, 0.6) is 0 Å². The molecule has 1 heterocycles. The summed E-state index contributed by atoms with van der Waals surface area (Å²) in [6, 6.07) is 3.36. The standard InChI is InChI=1S/C7H10N4/c1-10-4-6-5(8)2-3-7(9)11-6/h2-4H,8H2,1H3,(H2,9,11). The van der Waals surface area contributed by atoms with E-state index in [4.69, 9.17) is 11.5 Å². The molecule has 4 N–H and O–H groups in total. The summed E-state index contributed by atoms with van der Waals surface area (Å²) >= 11 is 0. The largest absolute Gasteiger partial charge is 0.397 e. The predicted molar refractivity (Wildman–Crippen MR) is 46.6 cm³/mol. The summed E-state index contributed by atoms with van der Waals surface area (Å²) in [5, 5.41) is 0. The van der Waals surface area contributed by atoms with E-state index in [9.17, 15) is 0 Å². The zero-order valence-corrected chi connectivity index (χ0v) is 6.28. The van der Waals surface area contributed by atoms with Crippen molar-refractivity contribution in [2.75, 3.05) is 18.5 Å². The SMILES string of the molecule is CN=Cc1nc(N)ccc1N. The molecule has 0 atom stereocenters. The van der Waals surface area contributed by atoms with Crippen molar-refractivity contribution in [1.29, 1.82) is 0 Å². The van der Waals surface area contributed by atoms with Crippen LogP contribution >= 0.6 is 0 Å². The van der Waals surface area contributed by atoms with Gasteiger partial charge in [0.15, 0.2) is 0 Å². The molecule has 0 aliphatic rings. The lowest BCUT2D eigenvalue weighted by Gasteiger charge is -1.98. The Morgan fingerprint density at radius 1 is 1.45 bits per heavy atom. The van der Waals surface area contributed by atoms with Gasteiger partial charge in [0, 0.05) is 13.3 Å².